The standard InChI is InChI=1S/C23H28ClN7O2/c1-22-10-30(11-23(22,2)13-31(12-22)20(33)14-6-7-14)18-15(24)9-27-21(29-18)28-16-5-4-8-26-17(16)19(32)25-3/h4-5,8-9,14H,6-7,10-13H2,1-3H3,(H,25,32)(H,27,28,29)/t22-,23+. The van der Waals surface area contributed by atoms with Crippen molar-refractivity contribution in [2.24, 2.45) is 16.7 Å². The Hall–Kier alpha value is -2.94. The highest BCUT2D eigenvalue weighted by atomic mass is 35.5. The first kappa shape index (κ1) is 21.9. The van der Waals surface area contributed by atoms with Crippen LogP contribution in [0.2, 0.25) is 5.02 Å². The number of hydrogen-bond donors (Lipinski definition) is 2. The summed E-state index contributed by atoms with van der Waals surface area (Å²) in [4.78, 5) is 42.2. The molecule has 1 saturated carbocycles. The van der Waals surface area contributed by atoms with E-state index in [4.69, 9.17) is 11.6 Å². The van der Waals surface area contributed by atoms with E-state index in [1.54, 1.807) is 31.6 Å². The van der Waals surface area contributed by atoms with E-state index in [2.05, 4.69) is 49.2 Å². The van der Waals surface area contributed by atoms with Gasteiger partial charge in [0, 0.05) is 56.2 Å². The van der Waals surface area contributed by atoms with Crippen LogP contribution in [0, 0.1) is 16.7 Å². The molecule has 2 aromatic heterocycles. The van der Waals surface area contributed by atoms with Gasteiger partial charge in [0.15, 0.2) is 11.5 Å². The van der Waals surface area contributed by atoms with Crippen LogP contribution >= 0.6 is 11.6 Å². The molecule has 0 spiro atoms. The molecule has 2 atom stereocenters. The van der Waals surface area contributed by atoms with Gasteiger partial charge in [0.25, 0.3) is 5.91 Å². The van der Waals surface area contributed by atoms with Crippen LogP contribution in [0.4, 0.5) is 17.5 Å². The number of halogens is 1. The number of amides is 2. The van der Waals surface area contributed by atoms with Gasteiger partial charge < -0.3 is 20.4 Å². The SMILES string of the molecule is CNC(=O)c1ncccc1Nc1ncc(Cl)c(N2C[C@]3(C)CN(C(=O)C4CC4)C[C@]3(C)C2)n1. The quantitative estimate of drug-likeness (QED) is 0.693. The van der Waals surface area contributed by atoms with Gasteiger partial charge in [-0.3, -0.25) is 9.59 Å². The summed E-state index contributed by atoms with van der Waals surface area (Å²) in [6.45, 7) is 7.54. The zero-order valence-corrected chi connectivity index (χ0v) is 19.8. The number of nitrogens with zero attached hydrogens (tertiary/aromatic N) is 5. The first-order valence-corrected chi connectivity index (χ1v) is 11.6. The molecule has 2 N–H and O–H groups in total. The van der Waals surface area contributed by atoms with Gasteiger partial charge in [-0.25, -0.2) is 9.97 Å². The molecule has 2 aliphatic heterocycles. The van der Waals surface area contributed by atoms with E-state index in [0.717, 1.165) is 39.0 Å². The van der Waals surface area contributed by atoms with E-state index in [0.29, 0.717) is 28.4 Å². The van der Waals surface area contributed by atoms with Crippen molar-refractivity contribution in [3.8, 4) is 0 Å². The Balaban J connectivity index is 1.37. The van der Waals surface area contributed by atoms with E-state index in [-0.39, 0.29) is 28.3 Å². The normalized spacial score (nSPS) is 26.3. The lowest BCUT2D eigenvalue weighted by atomic mass is 9.71. The first-order valence-electron chi connectivity index (χ1n) is 11.2. The molecule has 0 aromatic carbocycles. The van der Waals surface area contributed by atoms with Gasteiger partial charge in [0.05, 0.1) is 11.9 Å². The fraction of sp³-hybridized carbons (Fsp3) is 0.522. The van der Waals surface area contributed by atoms with E-state index in [1.165, 1.54) is 0 Å². The van der Waals surface area contributed by atoms with Crippen molar-refractivity contribution in [2.45, 2.75) is 26.7 Å². The summed E-state index contributed by atoms with van der Waals surface area (Å²) in [7, 11) is 1.56. The molecular formula is C23H28ClN7O2. The topological polar surface area (TPSA) is 103 Å². The second-order valence-electron chi connectivity index (χ2n) is 9.91. The summed E-state index contributed by atoms with van der Waals surface area (Å²) in [5.74, 6) is 1.24. The molecule has 2 aromatic rings. The van der Waals surface area contributed by atoms with Crippen LogP contribution in [0.25, 0.3) is 0 Å². The van der Waals surface area contributed by atoms with Crippen LogP contribution in [-0.2, 0) is 4.79 Å². The Morgan fingerprint density at radius 1 is 1.12 bits per heavy atom. The molecular weight excluding hydrogens is 442 g/mol. The van der Waals surface area contributed by atoms with E-state index in [1.807, 2.05) is 0 Å². The fourth-order valence-electron chi connectivity index (χ4n) is 5.12. The Bertz CT molecular complexity index is 1100. The van der Waals surface area contributed by atoms with E-state index >= 15 is 0 Å². The monoisotopic (exact) mass is 469 g/mol. The van der Waals surface area contributed by atoms with Gasteiger partial charge in [-0.2, -0.15) is 4.98 Å². The molecule has 3 fully saturated rings. The molecule has 5 rings (SSSR count). The molecule has 2 saturated heterocycles. The van der Waals surface area contributed by atoms with Gasteiger partial charge in [0.1, 0.15) is 5.02 Å². The average Bonchev–Trinajstić information content (AvgIpc) is 3.56. The summed E-state index contributed by atoms with van der Waals surface area (Å²) < 4.78 is 0. The lowest BCUT2D eigenvalue weighted by Gasteiger charge is -2.29. The van der Waals surface area contributed by atoms with Crippen molar-refractivity contribution in [1.82, 2.24) is 25.2 Å². The number of hydrogen-bond acceptors (Lipinski definition) is 7. The molecule has 0 unspecified atom stereocenters. The van der Waals surface area contributed by atoms with Crippen LogP contribution in [0.3, 0.4) is 0 Å². The zero-order valence-electron chi connectivity index (χ0n) is 19.1. The van der Waals surface area contributed by atoms with Crippen molar-refractivity contribution >= 4 is 40.9 Å². The Labute approximate surface area is 197 Å². The smallest absolute Gasteiger partial charge is 0.271 e. The second kappa shape index (κ2) is 7.83. The van der Waals surface area contributed by atoms with E-state index < -0.39 is 0 Å². The molecule has 0 bridgehead atoms. The maximum Gasteiger partial charge on any atom is 0.271 e. The van der Waals surface area contributed by atoms with E-state index in [9.17, 15) is 9.59 Å². The molecule has 3 aliphatic rings. The third kappa shape index (κ3) is 3.78. The largest absolute Gasteiger partial charge is 0.354 e. The van der Waals surface area contributed by atoms with Gasteiger partial charge in [-0.05, 0) is 25.0 Å². The van der Waals surface area contributed by atoms with Crippen molar-refractivity contribution in [3.63, 3.8) is 0 Å². The number of likely N-dealkylation sites (tertiary alicyclic amines) is 1. The minimum Gasteiger partial charge on any atom is -0.354 e. The Morgan fingerprint density at radius 2 is 1.82 bits per heavy atom. The molecule has 0 radical (unpaired) electrons. The first-order chi connectivity index (χ1) is 15.7. The number of pyridine rings is 1. The van der Waals surface area contributed by atoms with Gasteiger partial charge >= 0.3 is 0 Å². The Morgan fingerprint density at radius 3 is 2.45 bits per heavy atom. The maximum absolute atomic E-state index is 12.7. The number of nitrogens with one attached hydrogen (secondary N) is 2. The number of carbonyl (C=O) groups excluding carboxylic acids is 2. The minimum absolute atomic E-state index is 0.0465. The summed E-state index contributed by atoms with van der Waals surface area (Å²) >= 11 is 6.52. The second-order valence-corrected chi connectivity index (χ2v) is 10.3. The zero-order chi connectivity index (χ0) is 23.4. The van der Waals surface area contributed by atoms with Crippen LogP contribution < -0.4 is 15.5 Å². The van der Waals surface area contributed by atoms with Crippen molar-refractivity contribution in [1.29, 1.82) is 0 Å². The highest BCUT2D eigenvalue weighted by Gasteiger charge is 2.59. The lowest BCUT2D eigenvalue weighted by Crippen LogP contribution is -2.36. The highest BCUT2D eigenvalue weighted by Crippen LogP contribution is 2.53. The van der Waals surface area contributed by atoms with Crippen LogP contribution in [0.1, 0.15) is 37.2 Å². The van der Waals surface area contributed by atoms with Crippen molar-refractivity contribution in [3.05, 3.63) is 35.2 Å². The number of carbonyl (C=O) groups is 2. The summed E-state index contributed by atoms with van der Waals surface area (Å²) in [5.41, 5.74) is 0.678. The molecule has 10 heteroatoms. The predicted octanol–water partition coefficient (Wildman–Crippen LogP) is 2.71. The third-order valence-corrected chi connectivity index (χ3v) is 7.64. The molecule has 1 aliphatic carbocycles. The minimum atomic E-state index is -0.300. The van der Waals surface area contributed by atoms with Crippen molar-refractivity contribution in [2.75, 3.05) is 43.4 Å². The molecule has 33 heavy (non-hydrogen) atoms. The number of anilines is 3. The summed E-state index contributed by atoms with van der Waals surface area (Å²) in [6.07, 6.45) is 5.19. The predicted molar refractivity (Wildman–Crippen MR) is 126 cm³/mol. The van der Waals surface area contributed by atoms with Crippen LogP contribution in [0.5, 0.6) is 0 Å². The molecule has 2 amide bonds. The summed E-state index contributed by atoms with van der Waals surface area (Å²) in [5, 5.41) is 6.16. The van der Waals surface area contributed by atoms with Crippen molar-refractivity contribution < 1.29 is 9.59 Å². The molecule has 4 heterocycles. The average molecular weight is 470 g/mol. The summed E-state index contributed by atoms with van der Waals surface area (Å²) in [6, 6.07) is 3.49. The van der Waals surface area contributed by atoms with Gasteiger partial charge in [-0.1, -0.05) is 25.4 Å². The van der Waals surface area contributed by atoms with Gasteiger partial charge in [0.2, 0.25) is 11.9 Å². The maximum atomic E-state index is 12.7. The number of rotatable bonds is 5. The fourth-order valence-corrected chi connectivity index (χ4v) is 5.33. The number of aromatic nitrogens is 3. The number of fused-ring (bicyclic) bond motifs is 1. The van der Waals surface area contributed by atoms with Gasteiger partial charge in [-0.15, -0.1) is 0 Å². The molecule has 174 valence electrons. The lowest BCUT2D eigenvalue weighted by molar-refractivity contribution is -0.132. The highest BCUT2D eigenvalue weighted by molar-refractivity contribution is 6.32. The third-order valence-electron chi connectivity index (χ3n) is 7.38. The molecule has 9 nitrogen and oxygen atoms in total. The van der Waals surface area contributed by atoms with Crippen LogP contribution in [0.15, 0.2) is 24.5 Å². The van der Waals surface area contributed by atoms with Crippen LogP contribution in [-0.4, -0.2) is 64.9 Å². The Kier molecular flexibility index (Phi) is 5.19.